The lowest BCUT2D eigenvalue weighted by atomic mass is 10.2. The van der Waals surface area contributed by atoms with Crippen LogP contribution in [0.1, 0.15) is 12.5 Å². The number of hydrogen-bond donors (Lipinski definition) is 1. The summed E-state index contributed by atoms with van der Waals surface area (Å²) in [5, 5.41) is 2.49. The van der Waals surface area contributed by atoms with Crippen molar-refractivity contribution in [3.63, 3.8) is 0 Å². The van der Waals surface area contributed by atoms with Gasteiger partial charge in [0.05, 0.1) is 12.6 Å². The van der Waals surface area contributed by atoms with E-state index < -0.39 is 31.5 Å². The second-order valence-corrected chi connectivity index (χ2v) is 5.36. The molecule has 142 valence electrons. The normalized spacial score (nSPS) is 12.8. The fourth-order valence-corrected chi connectivity index (χ4v) is 1.84. The number of ether oxygens (including phenoxy) is 2. The maximum atomic E-state index is 12.1. The predicted octanol–water partition coefficient (Wildman–Crippen LogP) is 3.40. The standard InChI is InChI=1S/C15H19F5N2O3/c1-10(8-24-9-15(18,19)20)21-14(23)22(2)7-11-3-5-12(6-4-11)25-13(16)17/h3-6,10,13H,7-9H2,1-2H3,(H,21,23). The second kappa shape index (κ2) is 9.40. The van der Waals surface area contributed by atoms with Crippen molar-refractivity contribution < 1.29 is 36.2 Å². The molecule has 1 N–H and O–H groups in total. The monoisotopic (exact) mass is 370 g/mol. The van der Waals surface area contributed by atoms with E-state index in [0.29, 0.717) is 5.56 Å². The van der Waals surface area contributed by atoms with Crippen LogP contribution in [0.4, 0.5) is 26.7 Å². The van der Waals surface area contributed by atoms with Crippen LogP contribution in [0.15, 0.2) is 24.3 Å². The average molecular weight is 370 g/mol. The topological polar surface area (TPSA) is 50.8 Å². The van der Waals surface area contributed by atoms with Crippen molar-refractivity contribution >= 4 is 6.03 Å². The van der Waals surface area contributed by atoms with Gasteiger partial charge in [0, 0.05) is 13.6 Å². The van der Waals surface area contributed by atoms with Crippen LogP contribution in [0.2, 0.25) is 0 Å². The number of halogens is 5. The number of alkyl halides is 5. The number of nitrogens with zero attached hydrogens (tertiary/aromatic N) is 1. The molecule has 5 nitrogen and oxygen atoms in total. The van der Waals surface area contributed by atoms with Gasteiger partial charge >= 0.3 is 18.8 Å². The van der Waals surface area contributed by atoms with E-state index in [4.69, 9.17) is 0 Å². The highest BCUT2D eigenvalue weighted by atomic mass is 19.4. The lowest BCUT2D eigenvalue weighted by Gasteiger charge is -2.21. The molecule has 2 amide bonds. The fourth-order valence-electron chi connectivity index (χ4n) is 1.84. The molecule has 0 aliphatic rings. The van der Waals surface area contributed by atoms with Crippen LogP contribution in [0.3, 0.4) is 0 Å². The first-order chi connectivity index (χ1) is 11.6. The molecule has 10 heteroatoms. The van der Waals surface area contributed by atoms with Gasteiger partial charge in [-0.3, -0.25) is 0 Å². The third-order valence-corrected chi connectivity index (χ3v) is 2.92. The summed E-state index contributed by atoms with van der Waals surface area (Å²) in [5.74, 6) is 0.00119. The molecule has 0 aliphatic carbocycles. The van der Waals surface area contributed by atoms with Gasteiger partial charge in [0.2, 0.25) is 0 Å². The predicted molar refractivity (Wildman–Crippen MR) is 79.4 cm³/mol. The van der Waals surface area contributed by atoms with Crippen LogP contribution in [-0.2, 0) is 11.3 Å². The van der Waals surface area contributed by atoms with Gasteiger partial charge in [-0.05, 0) is 24.6 Å². The van der Waals surface area contributed by atoms with Crippen molar-refractivity contribution in [2.24, 2.45) is 0 Å². The molecular formula is C15H19F5N2O3. The van der Waals surface area contributed by atoms with E-state index in [1.807, 2.05) is 0 Å². The summed E-state index contributed by atoms with van der Waals surface area (Å²) in [6.07, 6.45) is -4.42. The van der Waals surface area contributed by atoms with Crippen LogP contribution >= 0.6 is 0 Å². The molecule has 0 bridgehead atoms. The zero-order valence-electron chi connectivity index (χ0n) is 13.6. The van der Waals surface area contributed by atoms with Crippen LogP contribution in [-0.4, -0.2) is 50.0 Å². The third kappa shape index (κ3) is 9.08. The molecule has 25 heavy (non-hydrogen) atoms. The summed E-state index contributed by atoms with van der Waals surface area (Å²) in [6, 6.07) is 4.63. The number of nitrogens with one attached hydrogen (secondary N) is 1. The molecule has 1 aromatic carbocycles. The molecule has 1 atom stereocenters. The van der Waals surface area contributed by atoms with Crippen molar-refractivity contribution in [3.8, 4) is 5.75 Å². The number of carbonyl (C=O) groups is 1. The Morgan fingerprint density at radius 2 is 1.84 bits per heavy atom. The highest BCUT2D eigenvalue weighted by molar-refractivity contribution is 5.74. The summed E-state index contributed by atoms with van der Waals surface area (Å²) < 4.78 is 68.7. The molecular weight excluding hydrogens is 351 g/mol. The zero-order chi connectivity index (χ0) is 19.0. The minimum Gasteiger partial charge on any atom is -0.435 e. The Kier molecular flexibility index (Phi) is 7.88. The van der Waals surface area contributed by atoms with Crippen molar-refractivity contribution in [2.75, 3.05) is 20.3 Å². The second-order valence-electron chi connectivity index (χ2n) is 5.36. The van der Waals surface area contributed by atoms with Crippen molar-refractivity contribution in [1.29, 1.82) is 0 Å². The van der Waals surface area contributed by atoms with E-state index in [1.165, 1.54) is 43.1 Å². The molecule has 0 spiro atoms. The highest BCUT2D eigenvalue weighted by Crippen LogP contribution is 2.16. The van der Waals surface area contributed by atoms with E-state index in [9.17, 15) is 26.7 Å². The number of hydrogen-bond acceptors (Lipinski definition) is 3. The molecule has 0 heterocycles. The van der Waals surface area contributed by atoms with Gasteiger partial charge < -0.3 is 19.7 Å². The smallest absolute Gasteiger partial charge is 0.411 e. The Hall–Kier alpha value is -2.10. The highest BCUT2D eigenvalue weighted by Gasteiger charge is 2.27. The molecule has 0 aliphatic heterocycles. The molecule has 0 saturated carbocycles. The van der Waals surface area contributed by atoms with Gasteiger partial charge in [0.1, 0.15) is 12.4 Å². The fraction of sp³-hybridized carbons (Fsp3) is 0.533. The van der Waals surface area contributed by atoms with Gasteiger partial charge in [0.25, 0.3) is 0 Å². The van der Waals surface area contributed by atoms with Gasteiger partial charge in [-0.2, -0.15) is 22.0 Å². The van der Waals surface area contributed by atoms with E-state index in [-0.39, 0.29) is 18.9 Å². The van der Waals surface area contributed by atoms with Crippen molar-refractivity contribution in [3.05, 3.63) is 29.8 Å². The molecule has 0 radical (unpaired) electrons. The van der Waals surface area contributed by atoms with E-state index >= 15 is 0 Å². The quantitative estimate of drug-likeness (QED) is 0.714. The first-order valence-corrected chi connectivity index (χ1v) is 7.26. The Morgan fingerprint density at radius 1 is 1.24 bits per heavy atom. The van der Waals surface area contributed by atoms with Crippen LogP contribution < -0.4 is 10.1 Å². The number of amides is 2. The summed E-state index contributed by atoms with van der Waals surface area (Å²) in [7, 11) is 1.49. The molecule has 1 aromatic rings. The summed E-state index contributed by atoms with van der Waals surface area (Å²) in [5.41, 5.74) is 0.667. The maximum absolute atomic E-state index is 12.1. The van der Waals surface area contributed by atoms with Crippen LogP contribution in [0, 0.1) is 0 Å². The average Bonchev–Trinajstić information content (AvgIpc) is 2.47. The lowest BCUT2D eigenvalue weighted by molar-refractivity contribution is -0.174. The molecule has 0 aromatic heterocycles. The van der Waals surface area contributed by atoms with Gasteiger partial charge in [-0.15, -0.1) is 0 Å². The van der Waals surface area contributed by atoms with E-state index in [1.54, 1.807) is 0 Å². The first kappa shape index (κ1) is 20.9. The van der Waals surface area contributed by atoms with Crippen LogP contribution in [0.25, 0.3) is 0 Å². The summed E-state index contributed by atoms with van der Waals surface area (Å²) in [4.78, 5) is 13.2. The number of urea groups is 1. The van der Waals surface area contributed by atoms with E-state index in [2.05, 4.69) is 14.8 Å². The number of rotatable bonds is 8. The Bertz CT molecular complexity index is 537. The SMILES string of the molecule is CC(COCC(F)(F)F)NC(=O)N(C)Cc1ccc(OC(F)F)cc1. The molecule has 1 unspecified atom stereocenters. The van der Waals surface area contributed by atoms with Crippen molar-refractivity contribution in [2.45, 2.75) is 32.3 Å². The molecule has 0 saturated heterocycles. The Balaban J connectivity index is 2.40. The summed E-state index contributed by atoms with van der Waals surface area (Å²) in [6.45, 7) is -2.88. The third-order valence-electron chi connectivity index (χ3n) is 2.92. The van der Waals surface area contributed by atoms with E-state index in [0.717, 1.165) is 0 Å². The van der Waals surface area contributed by atoms with Gasteiger partial charge in [0.15, 0.2) is 0 Å². The zero-order valence-corrected chi connectivity index (χ0v) is 13.6. The largest absolute Gasteiger partial charge is 0.435 e. The van der Waals surface area contributed by atoms with Gasteiger partial charge in [-0.1, -0.05) is 12.1 Å². The minimum atomic E-state index is -4.42. The minimum absolute atomic E-state index is 0.00119. The first-order valence-electron chi connectivity index (χ1n) is 7.26. The lowest BCUT2D eigenvalue weighted by Crippen LogP contribution is -2.43. The number of benzene rings is 1. The van der Waals surface area contributed by atoms with Gasteiger partial charge in [-0.25, -0.2) is 4.79 Å². The number of carbonyl (C=O) groups excluding carboxylic acids is 1. The Labute approximate surface area is 141 Å². The summed E-state index contributed by atoms with van der Waals surface area (Å²) >= 11 is 0. The van der Waals surface area contributed by atoms with Crippen LogP contribution in [0.5, 0.6) is 5.75 Å². The molecule has 0 fully saturated rings. The maximum Gasteiger partial charge on any atom is 0.411 e. The molecule has 1 rings (SSSR count). The van der Waals surface area contributed by atoms with Crippen molar-refractivity contribution in [1.82, 2.24) is 10.2 Å². The Morgan fingerprint density at radius 3 is 2.36 bits per heavy atom.